The summed E-state index contributed by atoms with van der Waals surface area (Å²) >= 11 is 6.05. The van der Waals surface area contributed by atoms with E-state index in [9.17, 15) is 4.79 Å². The van der Waals surface area contributed by atoms with Crippen molar-refractivity contribution in [1.29, 1.82) is 0 Å². The van der Waals surface area contributed by atoms with Crippen LogP contribution in [0.1, 0.15) is 5.56 Å². The van der Waals surface area contributed by atoms with Gasteiger partial charge in [0.05, 0.1) is 6.54 Å². The summed E-state index contributed by atoms with van der Waals surface area (Å²) < 4.78 is 5.63. The average Bonchev–Trinajstić information content (AvgIpc) is 2.42. The fourth-order valence-electron chi connectivity index (χ4n) is 2.14. The first-order valence-electron chi connectivity index (χ1n) is 6.58. The van der Waals surface area contributed by atoms with Crippen molar-refractivity contribution in [2.75, 3.05) is 33.3 Å². The fraction of sp³-hybridized carbons (Fsp3) is 0.400. The Hall–Kier alpha value is -1.52. The highest BCUT2D eigenvalue weighted by atomic mass is 35.5. The molecule has 0 atom stereocenters. The van der Waals surface area contributed by atoms with E-state index in [4.69, 9.17) is 16.3 Å². The molecule has 20 heavy (non-hydrogen) atoms. The van der Waals surface area contributed by atoms with Crippen LogP contribution < -0.4 is 4.74 Å². The first-order valence-corrected chi connectivity index (χ1v) is 6.96. The molecule has 108 valence electrons. The Bertz CT molecular complexity index is 505. The molecule has 1 aliphatic rings. The predicted molar refractivity (Wildman–Crippen MR) is 80.1 cm³/mol. The van der Waals surface area contributed by atoms with E-state index in [1.807, 2.05) is 19.2 Å². The zero-order valence-electron chi connectivity index (χ0n) is 11.6. The first kappa shape index (κ1) is 14.9. The summed E-state index contributed by atoms with van der Waals surface area (Å²) in [7, 11) is 1.83. The van der Waals surface area contributed by atoms with Crippen molar-refractivity contribution >= 4 is 17.5 Å². The minimum atomic E-state index is 0.145. The summed E-state index contributed by atoms with van der Waals surface area (Å²) in [4.78, 5) is 15.6. The molecule has 1 aromatic rings. The normalized spacial score (nSPS) is 16.3. The van der Waals surface area contributed by atoms with E-state index in [0.29, 0.717) is 24.7 Å². The molecule has 0 aromatic heterocycles. The molecule has 1 saturated heterocycles. The number of likely N-dealkylation sites (N-methyl/N-ethyl adjacent to an activating group) is 1. The van der Waals surface area contributed by atoms with E-state index in [2.05, 4.69) is 11.5 Å². The number of hydrogen-bond acceptors (Lipinski definition) is 3. The molecule has 0 N–H and O–H groups in total. The van der Waals surface area contributed by atoms with Crippen LogP contribution in [0.5, 0.6) is 5.75 Å². The second-order valence-corrected chi connectivity index (χ2v) is 5.31. The van der Waals surface area contributed by atoms with E-state index in [0.717, 1.165) is 24.4 Å². The maximum absolute atomic E-state index is 11.7. The summed E-state index contributed by atoms with van der Waals surface area (Å²) in [6, 6.07) is 5.56. The lowest BCUT2D eigenvalue weighted by atomic mass is 10.1. The highest BCUT2D eigenvalue weighted by Crippen LogP contribution is 2.25. The summed E-state index contributed by atoms with van der Waals surface area (Å²) in [6.45, 7) is 6.80. The third kappa shape index (κ3) is 3.74. The molecule has 0 spiro atoms. The number of amides is 1. The molecule has 4 nitrogen and oxygen atoms in total. The van der Waals surface area contributed by atoms with Gasteiger partial charge in [-0.3, -0.25) is 9.69 Å². The van der Waals surface area contributed by atoms with Gasteiger partial charge in [-0.25, -0.2) is 0 Å². The van der Waals surface area contributed by atoms with E-state index >= 15 is 0 Å². The number of carbonyl (C=O) groups is 1. The number of halogens is 1. The summed E-state index contributed by atoms with van der Waals surface area (Å²) in [6.07, 6.45) is 1.71. The fourth-order valence-corrected chi connectivity index (χ4v) is 2.34. The van der Waals surface area contributed by atoms with E-state index < -0.39 is 0 Å². The monoisotopic (exact) mass is 294 g/mol. The number of hydrogen-bond donors (Lipinski definition) is 0. The molecule has 0 radical (unpaired) electrons. The number of nitrogens with zero attached hydrogens (tertiary/aromatic N) is 2. The van der Waals surface area contributed by atoms with Crippen molar-refractivity contribution in [2.45, 2.75) is 6.54 Å². The Balaban J connectivity index is 2.09. The second-order valence-electron chi connectivity index (χ2n) is 4.88. The topological polar surface area (TPSA) is 32.8 Å². The van der Waals surface area contributed by atoms with Gasteiger partial charge in [-0.2, -0.15) is 0 Å². The lowest BCUT2D eigenvalue weighted by Crippen LogP contribution is -2.48. The lowest BCUT2D eigenvalue weighted by molar-refractivity contribution is -0.134. The maximum Gasteiger partial charge on any atom is 0.236 e. The van der Waals surface area contributed by atoms with Crippen LogP contribution in [0.3, 0.4) is 0 Å². The summed E-state index contributed by atoms with van der Waals surface area (Å²) in [5, 5.41) is 0.673. The number of rotatable bonds is 5. The molecule has 1 aromatic carbocycles. The minimum absolute atomic E-state index is 0.145. The van der Waals surface area contributed by atoms with Gasteiger partial charge in [-0.15, -0.1) is 0 Å². The highest BCUT2D eigenvalue weighted by molar-refractivity contribution is 6.30. The van der Waals surface area contributed by atoms with Gasteiger partial charge in [0.25, 0.3) is 0 Å². The van der Waals surface area contributed by atoms with Crippen LogP contribution >= 0.6 is 11.6 Å². The summed E-state index contributed by atoms with van der Waals surface area (Å²) in [5.74, 6) is 0.938. The molecule has 0 aliphatic carbocycles. The zero-order chi connectivity index (χ0) is 14.5. The second kappa shape index (κ2) is 6.77. The molecule has 0 saturated carbocycles. The van der Waals surface area contributed by atoms with Crippen molar-refractivity contribution in [3.63, 3.8) is 0 Å². The van der Waals surface area contributed by atoms with Gasteiger partial charge in [-0.05, 0) is 18.2 Å². The maximum atomic E-state index is 11.7. The molecule has 5 heteroatoms. The SMILES string of the molecule is C=CCOc1ccc(Cl)cc1CN1CCN(C)C(=O)C1. The molecular weight excluding hydrogens is 276 g/mol. The Kier molecular flexibility index (Phi) is 5.04. The molecule has 1 fully saturated rings. The molecule has 2 rings (SSSR count). The van der Waals surface area contributed by atoms with Crippen molar-refractivity contribution in [3.05, 3.63) is 41.4 Å². The number of benzene rings is 1. The Morgan fingerprint density at radius 3 is 2.95 bits per heavy atom. The van der Waals surface area contributed by atoms with E-state index in [1.54, 1.807) is 17.0 Å². The van der Waals surface area contributed by atoms with Crippen molar-refractivity contribution in [1.82, 2.24) is 9.80 Å². The third-order valence-corrected chi connectivity index (χ3v) is 3.54. The number of carbonyl (C=O) groups excluding carboxylic acids is 1. The van der Waals surface area contributed by atoms with Crippen LogP contribution in [0.15, 0.2) is 30.9 Å². The first-order chi connectivity index (χ1) is 9.60. The van der Waals surface area contributed by atoms with Crippen LogP contribution in [0.4, 0.5) is 0 Å². The van der Waals surface area contributed by atoms with Gasteiger partial charge >= 0.3 is 0 Å². The Morgan fingerprint density at radius 1 is 1.45 bits per heavy atom. The molecule has 1 aliphatic heterocycles. The number of ether oxygens (including phenoxy) is 1. The Morgan fingerprint density at radius 2 is 2.25 bits per heavy atom. The lowest BCUT2D eigenvalue weighted by Gasteiger charge is -2.32. The largest absolute Gasteiger partial charge is 0.489 e. The quantitative estimate of drug-likeness (QED) is 0.780. The highest BCUT2D eigenvalue weighted by Gasteiger charge is 2.21. The number of piperazine rings is 1. The van der Waals surface area contributed by atoms with Crippen LogP contribution in [-0.2, 0) is 11.3 Å². The zero-order valence-corrected chi connectivity index (χ0v) is 12.4. The molecule has 1 heterocycles. The third-order valence-electron chi connectivity index (χ3n) is 3.31. The predicted octanol–water partition coefficient (Wildman–Crippen LogP) is 2.18. The van der Waals surface area contributed by atoms with Crippen LogP contribution in [0, 0.1) is 0 Å². The average molecular weight is 295 g/mol. The van der Waals surface area contributed by atoms with Crippen molar-refractivity contribution < 1.29 is 9.53 Å². The van der Waals surface area contributed by atoms with Crippen LogP contribution in [-0.4, -0.2) is 49.0 Å². The smallest absolute Gasteiger partial charge is 0.236 e. The van der Waals surface area contributed by atoms with E-state index in [1.165, 1.54) is 0 Å². The van der Waals surface area contributed by atoms with Gasteiger partial charge in [0, 0.05) is 37.3 Å². The van der Waals surface area contributed by atoms with Crippen molar-refractivity contribution in [3.8, 4) is 5.75 Å². The van der Waals surface area contributed by atoms with Crippen molar-refractivity contribution in [2.24, 2.45) is 0 Å². The summed E-state index contributed by atoms with van der Waals surface area (Å²) in [5.41, 5.74) is 0.997. The van der Waals surface area contributed by atoms with Gasteiger partial charge in [0.15, 0.2) is 0 Å². The minimum Gasteiger partial charge on any atom is -0.489 e. The standard InChI is InChI=1S/C15H19ClN2O2/c1-3-8-20-14-5-4-13(16)9-12(14)10-18-7-6-17(2)15(19)11-18/h3-5,9H,1,6-8,10-11H2,2H3. The molecular formula is C15H19ClN2O2. The van der Waals surface area contributed by atoms with E-state index in [-0.39, 0.29) is 5.91 Å². The molecule has 1 amide bonds. The van der Waals surface area contributed by atoms with Crippen LogP contribution in [0.2, 0.25) is 5.02 Å². The van der Waals surface area contributed by atoms with Gasteiger partial charge in [0.2, 0.25) is 5.91 Å². The van der Waals surface area contributed by atoms with Gasteiger partial charge in [-0.1, -0.05) is 24.3 Å². The molecule has 0 unspecified atom stereocenters. The molecule has 0 bridgehead atoms. The van der Waals surface area contributed by atoms with Gasteiger partial charge in [0.1, 0.15) is 12.4 Å². The van der Waals surface area contributed by atoms with Crippen LogP contribution in [0.25, 0.3) is 0 Å². The van der Waals surface area contributed by atoms with Gasteiger partial charge < -0.3 is 9.64 Å². The Labute approximate surface area is 124 Å².